The molecule has 0 aromatic heterocycles. The Labute approximate surface area is 138 Å². The van der Waals surface area contributed by atoms with Crippen LogP contribution in [0.15, 0.2) is 0 Å². The Balaban J connectivity index is -0.0000000533. The molecule has 0 fully saturated rings. The van der Waals surface area contributed by atoms with Gasteiger partial charge in [-0.3, -0.25) is 35.7 Å². The summed E-state index contributed by atoms with van der Waals surface area (Å²) >= 11 is 0. The van der Waals surface area contributed by atoms with Crippen LogP contribution in [0, 0.1) is 0 Å². The van der Waals surface area contributed by atoms with Gasteiger partial charge in [0, 0.05) is 10.4 Å². The van der Waals surface area contributed by atoms with Crippen molar-refractivity contribution in [3.63, 3.8) is 0 Å². The maximum Gasteiger partial charge on any atom is 2.00 e. The van der Waals surface area contributed by atoms with Crippen LogP contribution in [0.3, 0.4) is 0 Å². The molecule has 0 aliphatic heterocycles. The molecule has 21 heavy (non-hydrogen) atoms. The van der Waals surface area contributed by atoms with E-state index < -0.39 is 41.6 Å². The van der Waals surface area contributed by atoms with Crippen LogP contribution in [-0.2, 0) is 41.6 Å². The van der Waals surface area contributed by atoms with Crippen LogP contribution in [0.4, 0.5) is 0 Å². The van der Waals surface area contributed by atoms with Crippen molar-refractivity contribution in [2.75, 3.05) is 0 Å². The topological polar surface area (TPSA) is 304 Å². The zero-order chi connectivity index (χ0) is 18.0. The Kier molecular flexibility index (Phi) is 20.3. The Bertz CT molecular complexity index is 473. The van der Waals surface area contributed by atoms with E-state index in [0.717, 1.165) is 0 Å². The van der Waals surface area contributed by atoms with E-state index in [1.54, 1.807) is 0 Å². The molecule has 0 unspecified atom stereocenters. The second-order valence-electron chi connectivity index (χ2n) is 1.75. The third-order valence-electron chi connectivity index (χ3n) is 0. The van der Waals surface area contributed by atoms with Crippen molar-refractivity contribution in [2.24, 2.45) is 0 Å². The molecule has 130 valence electrons. The summed E-state index contributed by atoms with van der Waals surface area (Å²) in [5.41, 5.74) is 0. The molecule has 0 aromatic carbocycles. The summed E-state index contributed by atoms with van der Waals surface area (Å²) in [5, 5.41) is 0. The van der Waals surface area contributed by atoms with E-state index in [1.165, 1.54) is 0 Å². The summed E-state index contributed by atoms with van der Waals surface area (Å²) in [6.07, 6.45) is 0. The largest absolute Gasteiger partial charge is 2.00 e. The molecule has 0 saturated heterocycles. The van der Waals surface area contributed by atoms with Gasteiger partial charge in [0.05, 0.1) is 0 Å². The standard InChI is InChI=1S/4H2O4S.Pb/c4*1-5(2,3)4;/h4*(H2,1,2,3,4);/q;;;;+2/p-2. The molecule has 0 heterocycles. The van der Waals surface area contributed by atoms with Crippen molar-refractivity contribution in [2.45, 2.75) is 0 Å². The third-order valence-corrected chi connectivity index (χ3v) is 0. The van der Waals surface area contributed by atoms with Gasteiger partial charge in [0.15, 0.2) is 0 Å². The van der Waals surface area contributed by atoms with Crippen LogP contribution in [-0.4, -0.2) is 97.4 Å². The second-order valence-corrected chi connectivity index (χ2v) is 5.26. The van der Waals surface area contributed by atoms with Crippen molar-refractivity contribution in [1.82, 2.24) is 0 Å². The van der Waals surface area contributed by atoms with Crippen molar-refractivity contribution in [3.05, 3.63) is 0 Å². The summed E-state index contributed by atoms with van der Waals surface area (Å²) in [5.74, 6) is 0. The average molecular weight is 598 g/mol. The van der Waals surface area contributed by atoms with Gasteiger partial charge in [0.25, 0.3) is 0 Å². The van der Waals surface area contributed by atoms with Crippen LogP contribution in [0.2, 0.25) is 0 Å². The summed E-state index contributed by atoms with van der Waals surface area (Å²) < 4.78 is 129. The summed E-state index contributed by atoms with van der Waals surface area (Å²) in [6, 6.07) is 0. The van der Waals surface area contributed by atoms with Crippen LogP contribution in [0.5, 0.6) is 0 Å². The monoisotopic (exact) mass is 598 g/mol. The van der Waals surface area contributed by atoms with Gasteiger partial charge in [0.2, 0.25) is 0 Å². The fourth-order valence-electron chi connectivity index (χ4n) is 0. The minimum Gasteiger partial charge on any atom is -0.759 e. The van der Waals surface area contributed by atoms with E-state index in [-0.39, 0.29) is 27.3 Å². The van der Waals surface area contributed by atoms with Crippen LogP contribution < -0.4 is 0 Å². The first kappa shape index (κ1) is 33.1. The molecule has 21 heteroatoms. The van der Waals surface area contributed by atoms with Crippen molar-refractivity contribution >= 4 is 68.9 Å². The van der Waals surface area contributed by atoms with Crippen LogP contribution >= 0.6 is 0 Å². The molecule has 0 aromatic rings. The zero-order valence-electron chi connectivity index (χ0n) is 8.90. The minimum atomic E-state index is -5.17. The van der Waals surface area contributed by atoms with E-state index >= 15 is 0 Å². The SMILES string of the molecule is O=S(=O)(O)O.O=S(=O)(O)O.O=S(=O)(O)O.O=S(=O)([O-])[O-].[Pb+2]. The Hall–Kier alpha value is 0.402. The van der Waals surface area contributed by atoms with Gasteiger partial charge in [-0.05, 0) is 0 Å². The fraction of sp³-hybridized carbons (Fsp3) is 0. The molecule has 16 nitrogen and oxygen atoms in total. The van der Waals surface area contributed by atoms with E-state index in [1.807, 2.05) is 0 Å². The summed E-state index contributed by atoms with van der Waals surface area (Å²) in [7, 11) is -19.2. The van der Waals surface area contributed by atoms with Gasteiger partial charge >= 0.3 is 58.5 Å². The van der Waals surface area contributed by atoms with Gasteiger partial charge < -0.3 is 9.11 Å². The van der Waals surface area contributed by atoms with Gasteiger partial charge in [-0.25, -0.2) is 0 Å². The normalized spacial score (nSPS) is 11.0. The van der Waals surface area contributed by atoms with E-state index in [2.05, 4.69) is 0 Å². The third kappa shape index (κ3) is 42700. The van der Waals surface area contributed by atoms with Crippen molar-refractivity contribution in [1.29, 1.82) is 0 Å². The van der Waals surface area contributed by atoms with Crippen molar-refractivity contribution < 1.29 is 70.1 Å². The molecule has 0 amide bonds. The average Bonchev–Trinajstić information content (AvgIpc) is 1.62. The molecule has 2 radical (unpaired) electrons. The molecule has 0 bridgehead atoms. The summed E-state index contributed by atoms with van der Waals surface area (Å²) in [6.45, 7) is 0. The Morgan fingerprint density at radius 2 is 0.476 bits per heavy atom. The predicted octanol–water partition coefficient (Wildman–Crippen LogP) is -3.68. The van der Waals surface area contributed by atoms with Crippen LogP contribution in [0.1, 0.15) is 0 Å². The molecule has 0 aliphatic rings. The van der Waals surface area contributed by atoms with Gasteiger partial charge in [-0.15, -0.1) is 0 Å². The molecule has 0 saturated carbocycles. The summed E-state index contributed by atoms with van der Waals surface area (Å²) in [4.78, 5) is 0. The molecular weight excluding hydrogens is 591 g/mol. The predicted molar refractivity (Wildman–Crippen MR) is 58.8 cm³/mol. The van der Waals surface area contributed by atoms with Crippen molar-refractivity contribution in [3.8, 4) is 0 Å². The van der Waals surface area contributed by atoms with E-state index in [4.69, 9.17) is 70.1 Å². The fourth-order valence-corrected chi connectivity index (χ4v) is 0. The number of rotatable bonds is 0. The number of hydrogen-bond donors (Lipinski definition) is 6. The molecule has 6 N–H and O–H groups in total. The number of hydrogen-bond acceptors (Lipinski definition) is 10. The maximum atomic E-state index is 8.74. The zero-order valence-corrected chi connectivity index (χ0v) is 16.1. The Morgan fingerprint density at radius 3 is 0.476 bits per heavy atom. The first-order valence-corrected chi connectivity index (χ1v) is 8.29. The molecule has 0 aliphatic carbocycles. The smallest absolute Gasteiger partial charge is 0.759 e. The van der Waals surface area contributed by atoms with E-state index in [0.29, 0.717) is 0 Å². The quantitative estimate of drug-likeness (QED) is 0.0889. The van der Waals surface area contributed by atoms with Gasteiger partial charge in [-0.1, -0.05) is 0 Å². The second kappa shape index (κ2) is 12.9. The van der Waals surface area contributed by atoms with Crippen LogP contribution in [0.25, 0.3) is 0 Å². The molecule has 0 rings (SSSR count). The minimum absolute atomic E-state index is 0. The first-order chi connectivity index (χ1) is 8.00. The Morgan fingerprint density at radius 1 is 0.476 bits per heavy atom. The van der Waals surface area contributed by atoms with Gasteiger partial charge in [-0.2, -0.15) is 25.3 Å². The van der Waals surface area contributed by atoms with Gasteiger partial charge in [0.1, 0.15) is 0 Å². The van der Waals surface area contributed by atoms with E-state index in [9.17, 15) is 0 Å². The maximum absolute atomic E-state index is 8.74. The molecular formula is H6O16PbS4. The molecule has 0 atom stereocenters. The first-order valence-electron chi connectivity index (χ1n) is 2.76. The molecule has 0 spiro atoms.